The fraction of sp³-hybridized carbons (Fsp3) is 0.500. The highest BCUT2D eigenvalue weighted by atomic mass is 32.1. The number of aromatic nitrogens is 2. The van der Waals surface area contributed by atoms with Crippen molar-refractivity contribution < 1.29 is 0 Å². The first-order valence-electron chi connectivity index (χ1n) is 11.4. The Hall–Kier alpha value is -2.54. The second kappa shape index (κ2) is 8.91. The number of hydrogen-bond donors (Lipinski definition) is 1. The molecule has 162 valence electrons. The van der Waals surface area contributed by atoms with Crippen LogP contribution >= 0.6 is 12.2 Å². The highest BCUT2D eigenvalue weighted by Crippen LogP contribution is 2.41. The average Bonchev–Trinajstić information content (AvgIpc) is 2.84. The van der Waals surface area contributed by atoms with E-state index in [0.717, 1.165) is 67.8 Å². The van der Waals surface area contributed by atoms with Crippen LogP contribution in [0.5, 0.6) is 0 Å². The van der Waals surface area contributed by atoms with Gasteiger partial charge in [-0.2, -0.15) is 5.10 Å². The van der Waals surface area contributed by atoms with E-state index in [2.05, 4.69) is 48.5 Å². The van der Waals surface area contributed by atoms with Gasteiger partial charge >= 0.3 is 0 Å². The summed E-state index contributed by atoms with van der Waals surface area (Å²) in [5, 5.41) is 5.40. The molecule has 0 amide bonds. The van der Waals surface area contributed by atoms with Gasteiger partial charge in [-0.15, -0.1) is 0 Å². The molecule has 2 saturated heterocycles. The van der Waals surface area contributed by atoms with Crippen molar-refractivity contribution >= 4 is 28.9 Å². The number of pyridine rings is 2. The number of fused-ring (bicyclic) bond motifs is 1. The molecule has 2 aromatic heterocycles. The monoisotopic (exact) mass is 434 g/mol. The molecule has 0 radical (unpaired) electrons. The van der Waals surface area contributed by atoms with Crippen LogP contribution in [0.15, 0.2) is 47.8 Å². The summed E-state index contributed by atoms with van der Waals surface area (Å²) in [6, 6.07) is 10.3. The molecule has 3 aliphatic rings. The summed E-state index contributed by atoms with van der Waals surface area (Å²) in [7, 11) is 0. The number of likely N-dealkylation sites (tertiary alicyclic amines) is 1. The maximum absolute atomic E-state index is 5.68. The number of hydrogen-bond acceptors (Lipinski definition) is 5. The maximum Gasteiger partial charge on any atom is 0.189 e. The Balaban J connectivity index is 1.14. The average molecular weight is 435 g/mol. The van der Waals surface area contributed by atoms with E-state index in [1.54, 1.807) is 0 Å². The first-order chi connectivity index (χ1) is 15.2. The molecule has 6 nitrogen and oxygen atoms in total. The molecule has 5 rings (SSSR count). The van der Waals surface area contributed by atoms with Crippen LogP contribution in [0, 0.1) is 5.41 Å². The van der Waals surface area contributed by atoms with E-state index >= 15 is 0 Å². The molecule has 2 aliphatic heterocycles. The number of piperidine rings is 2. The lowest BCUT2D eigenvalue weighted by atomic mass is 9.71. The second-order valence-electron chi connectivity index (χ2n) is 9.00. The third kappa shape index (κ3) is 4.42. The lowest BCUT2D eigenvalue weighted by Gasteiger charge is -2.47. The van der Waals surface area contributed by atoms with Crippen molar-refractivity contribution in [3.8, 4) is 0 Å². The molecule has 2 aromatic rings. The molecular weight excluding hydrogens is 404 g/mol. The van der Waals surface area contributed by atoms with Crippen molar-refractivity contribution in [2.75, 3.05) is 31.1 Å². The van der Waals surface area contributed by atoms with Crippen molar-refractivity contribution in [3.63, 3.8) is 0 Å². The topological polar surface area (TPSA) is 56.7 Å². The number of nitrogens with zero attached hydrogens (tertiary/aromatic N) is 5. The Morgan fingerprint density at radius 2 is 1.71 bits per heavy atom. The van der Waals surface area contributed by atoms with Crippen LogP contribution in [0.3, 0.4) is 0 Å². The first-order valence-corrected chi connectivity index (χ1v) is 11.9. The Morgan fingerprint density at radius 3 is 2.48 bits per heavy atom. The molecule has 0 aromatic carbocycles. The fourth-order valence-electron chi connectivity index (χ4n) is 5.19. The first kappa shape index (κ1) is 20.4. The van der Waals surface area contributed by atoms with Crippen molar-refractivity contribution in [2.45, 2.75) is 44.9 Å². The second-order valence-corrected chi connectivity index (χ2v) is 9.39. The molecule has 1 spiro atoms. The number of thiocarbonyl (C=S) groups is 1. The van der Waals surface area contributed by atoms with E-state index in [1.807, 2.05) is 24.5 Å². The van der Waals surface area contributed by atoms with Crippen LogP contribution in [0.1, 0.15) is 49.8 Å². The summed E-state index contributed by atoms with van der Waals surface area (Å²) in [4.78, 5) is 13.8. The molecule has 2 fully saturated rings. The summed E-state index contributed by atoms with van der Waals surface area (Å²) in [6.45, 7) is 4.21. The molecule has 4 heterocycles. The van der Waals surface area contributed by atoms with Gasteiger partial charge in [0.05, 0.1) is 11.4 Å². The van der Waals surface area contributed by atoms with Crippen LogP contribution in [0.2, 0.25) is 0 Å². The van der Waals surface area contributed by atoms with Gasteiger partial charge < -0.3 is 9.80 Å². The SMILES string of the molecule is S=C(N/N=C1\CCCc2cccnc21)N1CCC2(CC1)CCN(c1ccccn1)CC2. The highest BCUT2D eigenvalue weighted by Gasteiger charge is 2.38. The lowest BCUT2D eigenvalue weighted by Crippen LogP contribution is -2.50. The molecule has 1 N–H and O–H groups in total. The minimum atomic E-state index is 0.454. The quantitative estimate of drug-likeness (QED) is 0.574. The Morgan fingerprint density at radius 1 is 0.935 bits per heavy atom. The number of hydrazone groups is 1. The number of aryl methyl sites for hydroxylation is 1. The predicted molar refractivity (Wildman–Crippen MR) is 128 cm³/mol. The molecule has 0 atom stereocenters. The minimum Gasteiger partial charge on any atom is -0.357 e. The molecule has 31 heavy (non-hydrogen) atoms. The summed E-state index contributed by atoms with van der Waals surface area (Å²) >= 11 is 5.68. The minimum absolute atomic E-state index is 0.454. The number of anilines is 1. The predicted octanol–water partition coefficient (Wildman–Crippen LogP) is 3.77. The van der Waals surface area contributed by atoms with Crippen LogP contribution < -0.4 is 10.3 Å². The molecule has 0 bridgehead atoms. The van der Waals surface area contributed by atoms with Gasteiger partial charge in [0, 0.05) is 38.6 Å². The van der Waals surface area contributed by atoms with Gasteiger partial charge in [0.15, 0.2) is 5.11 Å². The lowest BCUT2D eigenvalue weighted by molar-refractivity contribution is 0.113. The van der Waals surface area contributed by atoms with Crippen molar-refractivity contribution in [2.24, 2.45) is 10.5 Å². The summed E-state index contributed by atoms with van der Waals surface area (Å²) < 4.78 is 0. The normalized spacial score (nSPS) is 21.7. The highest BCUT2D eigenvalue weighted by molar-refractivity contribution is 7.80. The fourth-order valence-corrected chi connectivity index (χ4v) is 5.42. The summed E-state index contributed by atoms with van der Waals surface area (Å²) in [6.07, 6.45) is 11.8. The van der Waals surface area contributed by atoms with Gasteiger partial charge in [-0.1, -0.05) is 12.1 Å². The molecule has 7 heteroatoms. The number of rotatable bonds is 2. The van der Waals surface area contributed by atoms with E-state index in [9.17, 15) is 0 Å². The third-order valence-corrected chi connectivity index (χ3v) is 7.57. The van der Waals surface area contributed by atoms with E-state index in [-0.39, 0.29) is 0 Å². The smallest absolute Gasteiger partial charge is 0.189 e. The zero-order chi connectivity index (χ0) is 21.1. The van der Waals surface area contributed by atoms with Gasteiger partial charge in [-0.25, -0.2) is 4.98 Å². The maximum atomic E-state index is 5.68. The van der Waals surface area contributed by atoms with E-state index < -0.39 is 0 Å². The third-order valence-electron chi connectivity index (χ3n) is 7.22. The summed E-state index contributed by atoms with van der Waals surface area (Å²) in [5.74, 6) is 1.11. The Kier molecular flexibility index (Phi) is 5.85. The van der Waals surface area contributed by atoms with Gasteiger partial charge in [-0.3, -0.25) is 10.4 Å². The van der Waals surface area contributed by atoms with Crippen LogP contribution in [-0.4, -0.2) is 51.9 Å². The van der Waals surface area contributed by atoms with E-state index in [4.69, 9.17) is 12.2 Å². The van der Waals surface area contributed by atoms with Crippen LogP contribution in [-0.2, 0) is 6.42 Å². The van der Waals surface area contributed by atoms with Crippen LogP contribution in [0.4, 0.5) is 5.82 Å². The molecular formula is C24H30N6S. The van der Waals surface area contributed by atoms with E-state index in [1.165, 1.54) is 31.2 Å². The van der Waals surface area contributed by atoms with Crippen molar-refractivity contribution in [3.05, 3.63) is 54.0 Å². The molecule has 1 aliphatic carbocycles. The van der Waals surface area contributed by atoms with Gasteiger partial charge in [-0.05, 0) is 86.3 Å². The van der Waals surface area contributed by atoms with Gasteiger partial charge in [0.2, 0.25) is 0 Å². The molecule has 0 unspecified atom stereocenters. The van der Waals surface area contributed by atoms with E-state index in [0.29, 0.717) is 5.41 Å². The van der Waals surface area contributed by atoms with Crippen molar-refractivity contribution in [1.29, 1.82) is 0 Å². The summed E-state index contributed by atoms with van der Waals surface area (Å²) in [5.41, 5.74) is 6.97. The van der Waals surface area contributed by atoms with Crippen LogP contribution in [0.25, 0.3) is 0 Å². The Labute approximate surface area is 189 Å². The van der Waals surface area contributed by atoms with Crippen molar-refractivity contribution in [1.82, 2.24) is 20.3 Å². The van der Waals surface area contributed by atoms with Gasteiger partial charge in [0.1, 0.15) is 5.82 Å². The zero-order valence-corrected chi connectivity index (χ0v) is 18.8. The largest absolute Gasteiger partial charge is 0.357 e. The number of nitrogens with one attached hydrogen (secondary N) is 1. The molecule has 0 saturated carbocycles. The zero-order valence-electron chi connectivity index (χ0n) is 18.0. The van der Waals surface area contributed by atoms with Gasteiger partial charge in [0.25, 0.3) is 0 Å². The standard InChI is InChI=1S/C24H30N6S/c31-23(28-27-20-7-3-5-19-6-4-14-26-22(19)20)30-17-11-24(12-18-30)9-15-29(16-10-24)21-8-1-2-13-25-21/h1-2,4,6,8,13-14H,3,5,7,9-12,15-18H2,(H,28,31)/b27-20+. The Bertz CT molecular complexity index is 942.